The van der Waals surface area contributed by atoms with Gasteiger partial charge in [-0.15, -0.1) is 0 Å². The number of thiazole rings is 1. The van der Waals surface area contributed by atoms with Crippen LogP contribution >= 0.6 is 11.3 Å². The number of sulfonamides is 1. The number of rotatable bonds is 15. The molecule has 5 heterocycles. The van der Waals surface area contributed by atoms with E-state index in [2.05, 4.69) is 26.6 Å². The molecular weight excluding hydrogens is 717 g/mol. The number of nitrogens with zero attached hydrogens (tertiary/aromatic N) is 4. The molecule has 3 aliphatic rings. The molecule has 0 bridgehead atoms. The van der Waals surface area contributed by atoms with Crippen molar-refractivity contribution in [3.63, 3.8) is 0 Å². The highest BCUT2D eigenvalue weighted by molar-refractivity contribution is 7.89. The predicted molar refractivity (Wildman–Crippen MR) is 202 cm³/mol. The molecule has 3 saturated heterocycles. The number of carbonyl (C=O) groups excluding carboxylic acids is 1. The maximum atomic E-state index is 14.3. The summed E-state index contributed by atoms with van der Waals surface area (Å²) in [6, 6.07) is 17.9. The topological polar surface area (TPSA) is 155 Å². The molecule has 0 radical (unpaired) electrons. The Hall–Kier alpha value is -3.70. The van der Waals surface area contributed by atoms with Crippen LogP contribution in [0.25, 0.3) is 10.2 Å². The number of nitrogens with one attached hydrogen (secondary N) is 2. The Labute approximate surface area is 314 Å². The minimum absolute atomic E-state index is 0.0292. The van der Waals surface area contributed by atoms with Crippen LogP contribution < -0.4 is 10.6 Å². The average Bonchev–Trinajstić information content (AvgIpc) is 3.95. The van der Waals surface area contributed by atoms with E-state index in [1.807, 2.05) is 56.4 Å². The number of aliphatic hydroxyl groups excluding tert-OH is 1. The second kappa shape index (κ2) is 16.8. The third-order valence-corrected chi connectivity index (χ3v) is 12.8. The molecule has 3 fully saturated rings. The number of hydrogen-bond donors (Lipinski definition) is 3. The highest BCUT2D eigenvalue weighted by atomic mass is 32.2. The Morgan fingerprint density at radius 1 is 1.09 bits per heavy atom. The number of hydrogen-bond acceptors (Lipinski definition) is 12. The molecule has 0 aliphatic carbocycles. The monoisotopic (exact) mass is 764 g/mol. The third kappa shape index (κ3) is 9.34. The number of anilines is 1. The van der Waals surface area contributed by atoms with E-state index in [0.717, 1.165) is 47.9 Å². The normalized spacial score (nSPS) is 23.0. The minimum atomic E-state index is -4.05. The first-order valence-electron chi connectivity index (χ1n) is 18.3. The minimum Gasteiger partial charge on any atom is -0.443 e. The number of likely N-dealkylation sites (tertiary alicyclic amines) is 1. The van der Waals surface area contributed by atoms with Crippen LogP contribution in [0, 0.1) is 11.8 Å². The third-order valence-electron chi connectivity index (χ3n) is 10.00. The van der Waals surface area contributed by atoms with Crippen molar-refractivity contribution in [3.8, 4) is 0 Å². The molecule has 6 unspecified atom stereocenters. The van der Waals surface area contributed by atoms with Gasteiger partial charge in [0, 0.05) is 51.2 Å². The lowest BCUT2D eigenvalue weighted by Gasteiger charge is -2.31. The zero-order valence-corrected chi connectivity index (χ0v) is 31.7. The summed E-state index contributed by atoms with van der Waals surface area (Å²) in [4.78, 5) is 24.7. The van der Waals surface area contributed by atoms with Crippen molar-refractivity contribution in [1.29, 1.82) is 0 Å². The molecule has 2 aromatic carbocycles. The zero-order chi connectivity index (χ0) is 37.0. The van der Waals surface area contributed by atoms with Gasteiger partial charge in [0.15, 0.2) is 11.4 Å². The van der Waals surface area contributed by atoms with Gasteiger partial charge in [0.25, 0.3) is 0 Å². The van der Waals surface area contributed by atoms with Crippen molar-refractivity contribution in [2.24, 2.45) is 11.8 Å². The van der Waals surface area contributed by atoms with Gasteiger partial charge in [-0.1, -0.05) is 61.6 Å². The molecule has 1 amide bonds. The molecular formula is C38H48N6O7S2. The van der Waals surface area contributed by atoms with Gasteiger partial charge in [0.05, 0.1) is 46.4 Å². The molecule has 0 spiro atoms. The molecule has 284 valence electrons. The summed E-state index contributed by atoms with van der Waals surface area (Å²) in [7, 11) is -4.05. The Kier molecular flexibility index (Phi) is 11.9. The van der Waals surface area contributed by atoms with E-state index in [9.17, 15) is 18.3 Å². The van der Waals surface area contributed by atoms with Crippen molar-refractivity contribution < 1.29 is 32.5 Å². The molecule has 13 nitrogen and oxygen atoms in total. The van der Waals surface area contributed by atoms with Gasteiger partial charge in [-0.3, -0.25) is 9.88 Å². The molecule has 15 heteroatoms. The molecule has 3 aliphatic heterocycles. The summed E-state index contributed by atoms with van der Waals surface area (Å²) in [6.07, 6.45) is 2.89. The van der Waals surface area contributed by atoms with Gasteiger partial charge < -0.3 is 30.0 Å². The number of ether oxygens (including phenoxy) is 3. The first-order chi connectivity index (χ1) is 25.6. The lowest BCUT2D eigenvalue weighted by Crippen LogP contribution is -2.51. The van der Waals surface area contributed by atoms with Crippen molar-refractivity contribution in [2.45, 2.75) is 75.1 Å². The van der Waals surface area contributed by atoms with E-state index in [0.29, 0.717) is 12.1 Å². The number of benzene rings is 2. The lowest BCUT2D eigenvalue weighted by atomic mass is 10.0. The van der Waals surface area contributed by atoms with E-state index < -0.39 is 34.4 Å². The SMILES string of the molecule is CC(C)CN(CC(O)C(Cc1ccccc1)NC(=O)OC1COC2OCCC12)S(=O)(=O)c1ccc2nc(NC3CCN(Cc4cccnc4)C3)sc2c1. The fourth-order valence-electron chi connectivity index (χ4n) is 7.33. The predicted octanol–water partition coefficient (Wildman–Crippen LogP) is 4.48. The summed E-state index contributed by atoms with van der Waals surface area (Å²) in [6.45, 7) is 7.28. The van der Waals surface area contributed by atoms with Crippen molar-refractivity contribution in [3.05, 3.63) is 84.2 Å². The Morgan fingerprint density at radius 2 is 1.92 bits per heavy atom. The van der Waals surface area contributed by atoms with Gasteiger partial charge in [-0.2, -0.15) is 4.31 Å². The summed E-state index contributed by atoms with van der Waals surface area (Å²) in [5.74, 6) is -0.0675. The Morgan fingerprint density at radius 3 is 2.72 bits per heavy atom. The molecule has 2 aromatic heterocycles. The highest BCUT2D eigenvalue weighted by Gasteiger charge is 2.44. The standard InChI is InChI=1S/C38H48N6O7S2/c1-25(2)20-44(23-33(45)32(17-26-7-4-3-5-8-26)42-38(46)51-34-24-50-36-30(34)13-16-49-36)53(47,48)29-10-11-31-35(18-29)52-37(41-31)40-28-12-15-43(22-28)21-27-9-6-14-39-19-27/h3-11,14,18-19,25,28,30,32-34,36,45H,12-13,15-17,20-24H2,1-2H3,(H,40,41)(H,42,46). The maximum Gasteiger partial charge on any atom is 0.407 e. The first-order valence-corrected chi connectivity index (χ1v) is 20.6. The van der Waals surface area contributed by atoms with Gasteiger partial charge in [0.2, 0.25) is 10.0 Å². The number of alkyl carbamates (subject to hydrolysis) is 1. The quantitative estimate of drug-likeness (QED) is 0.157. The van der Waals surface area contributed by atoms with Crippen LogP contribution in [-0.2, 0) is 37.2 Å². The van der Waals surface area contributed by atoms with Crippen LogP contribution in [0.1, 0.15) is 37.8 Å². The van der Waals surface area contributed by atoms with Crippen LogP contribution in [0.4, 0.5) is 9.93 Å². The van der Waals surface area contributed by atoms with Crippen LogP contribution in [0.15, 0.2) is 78.0 Å². The fraction of sp³-hybridized carbons (Fsp3) is 0.500. The van der Waals surface area contributed by atoms with Crippen molar-refractivity contribution in [1.82, 2.24) is 24.5 Å². The molecule has 0 saturated carbocycles. The number of aliphatic hydroxyl groups is 1. The van der Waals surface area contributed by atoms with E-state index in [4.69, 9.17) is 19.2 Å². The van der Waals surface area contributed by atoms with Gasteiger partial charge in [0.1, 0.15) is 6.10 Å². The number of pyridine rings is 1. The lowest BCUT2D eigenvalue weighted by molar-refractivity contribution is -0.0907. The molecule has 53 heavy (non-hydrogen) atoms. The smallest absolute Gasteiger partial charge is 0.407 e. The first kappa shape index (κ1) is 37.6. The summed E-state index contributed by atoms with van der Waals surface area (Å²) in [5.41, 5.74) is 2.77. The summed E-state index contributed by atoms with van der Waals surface area (Å²) >= 11 is 1.43. The second-order valence-electron chi connectivity index (χ2n) is 14.6. The van der Waals surface area contributed by atoms with Crippen LogP contribution in [0.2, 0.25) is 0 Å². The van der Waals surface area contributed by atoms with Gasteiger partial charge in [-0.05, 0) is 60.6 Å². The summed E-state index contributed by atoms with van der Waals surface area (Å²) < 4.78 is 47.6. The number of aromatic nitrogens is 2. The number of fused-ring (bicyclic) bond motifs is 2. The van der Waals surface area contributed by atoms with E-state index in [1.54, 1.807) is 24.4 Å². The summed E-state index contributed by atoms with van der Waals surface area (Å²) in [5, 5.41) is 18.8. The fourth-order valence-corrected chi connectivity index (χ4v) is 10.0. The van der Waals surface area contributed by atoms with Crippen LogP contribution in [0.5, 0.6) is 0 Å². The van der Waals surface area contributed by atoms with E-state index in [1.165, 1.54) is 21.2 Å². The zero-order valence-electron chi connectivity index (χ0n) is 30.0. The van der Waals surface area contributed by atoms with Crippen LogP contribution in [0.3, 0.4) is 0 Å². The highest BCUT2D eigenvalue weighted by Crippen LogP contribution is 2.34. The number of amides is 1. The van der Waals surface area contributed by atoms with Crippen LogP contribution in [-0.4, -0.2) is 109 Å². The van der Waals surface area contributed by atoms with Gasteiger partial charge in [-0.25, -0.2) is 18.2 Å². The van der Waals surface area contributed by atoms with E-state index >= 15 is 0 Å². The second-order valence-corrected chi connectivity index (χ2v) is 17.5. The molecule has 6 atom stereocenters. The Balaban J connectivity index is 1.04. The average molecular weight is 765 g/mol. The maximum absolute atomic E-state index is 14.3. The molecule has 4 aromatic rings. The largest absolute Gasteiger partial charge is 0.443 e. The van der Waals surface area contributed by atoms with E-state index in [-0.39, 0.29) is 55.2 Å². The molecule has 7 rings (SSSR count). The Bertz CT molecular complexity index is 1930. The van der Waals surface area contributed by atoms with Crippen molar-refractivity contribution in [2.75, 3.05) is 44.7 Å². The molecule has 3 N–H and O–H groups in total. The van der Waals surface area contributed by atoms with Gasteiger partial charge >= 0.3 is 6.09 Å². The number of carbonyl (C=O) groups is 1. The van der Waals surface area contributed by atoms with Crippen molar-refractivity contribution >= 4 is 42.8 Å².